The molecule has 0 aromatic heterocycles. The summed E-state index contributed by atoms with van der Waals surface area (Å²) < 4.78 is 0. The van der Waals surface area contributed by atoms with Gasteiger partial charge in [-0.1, -0.05) is 37.3 Å². The first-order chi connectivity index (χ1) is 12.1. The van der Waals surface area contributed by atoms with Crippen molar-refractivity contribution >= 4 is 5.96 Å². The van der Waals surface area contributed by atoms with Crippen LogP contribution in [-0.4, -0.2) is 67.6 Å². The monoisotopic (exact) mass is 345 g/mol. The number of rotatable bonds is 7. The van der Waals surface area contributed by atoms with Crippen LogP contribution in [-0.2, 0) is 0 Å². The van der Waals surface area contributed by atoms with Crippen LogP contribution in [0.3, 0.4) is 0 Å². The summed E-state index contributed by atoms with van der Waals surface area (Å²) in [7, 11) is 0. The van der Waals surface area contributed by atoms with E-state index in [1.165, 1.54) is 18.7 Å². The van der Waals surface area contributed by atoms with Gasteiger partial charge in [0.15, 0.2) is 5.96 Å². The molecule has 2 atom stereocenters. The largest absolute Gasteiger partial charge is 0.357 e. The lowest BCUT2D eigenvalue weighted by molar-refractivity contribution is 0.109. The maximum atomic E-state index is 4.83. The molecule has 5 heteroatoms. The first-order valence-corrected chi connectivity index (χ1v) is 9.70. The predicted octanol–water partition coefficient (Wildman–Crippen LogP) is 2.33. The van der Waals surface area contributed by atoms with Crippen molar-refractivity contribution in [3.05, 3.63) is 35.9 Å². The number of nitrogens with one attached hydrogen (secondary N) is 2. The first-order valence-electron chi connectivity index (χ1n) is 9.70. The van der Waals surface area contributed by atoms with Gasteiger partial charge in [-0.25, -0.2) is 0 Å². The molecule has 2 rings (SSSR count). The summed E-state index contributed by atoms with van der Waals surface area (Å²) in [5.74, 6) is 0.901. The van der Waals surface area contributed by atoms with Crippen molar-refractivity contribution < 1.29 is 0 Å². The van der Waals surface area contributed by atoms with Gasteiger partial charge in [0.05, 0.1) is 12.6 Å². The third-order valence-electron chi connectivity index (χ3n) is 4.99. The molecule has 140 valence electrons. The van der Waals surface area contributed by atoms with Crippen LogP contribution in [0.4, 0.5) is 0 Å². The Kier molecular flexibility index (Phi) is 8.22. The summed E-state index contributed by atoms with van der Waals surface area (Å²) in [5.41, 5.74) is 1.27. The molecule has 1 aromatic carbocycles. The number of likely N-dealkylation sites (N-methyl/N-ethyl adjacent to an activating group) is 1. The van der Waals surface area contributed by atoms with E-state index in [0.717, 1.165) is 38.7 Å². The fourth-order valence-electron chi connectivity index (χ4n) is 3.21. The predicted molar refractivity (Wildman–Crippen MR) is 107 cm³/mol. The molecule has 0 amide bonds. The molecule has 0 spiro atoms. The van der Waals surface area contributed by atoms with Gasteiger partial charge in [-0.3, -0.25) is 9.89 Å². The number of aliphatic imine (C=N–C) groups is 1. The summed E-state index contributed by atoms with van der Waals surface area (Å²) in [6, 6.07) is 11.2. The van der Waals surface area contributed by atoms with E-state index in [1.54, 1.807) is 0 Å². The Hall–Kier alpha value is -1.59. The van der Waals surface area contributed by atoms with Crippen molar-refractivity contribution in [1.82, 2.24) is 20.4 Å². The highest BCUT2D eigenvalue weighted by Gasteiger charge is 2.20. The van der Waals surface area contributed by atoms with Gasteiger partial charge < -0.3 is 15.5 Å². The molecule has 0 radical (unpaired) electrons. The Balaban J connectivity index is 1.88. The minimum Gasteiger partial charge on any atom is -0.357 e. The first kappa shape index (κ1) is 19.7. The zero-order valence-corrected chi connectivity index (χ0v) is 16.3. The Morgan fingerprint density at radius 1 is 1.08 bits per heavy atom. The van der Waals surface area contributed by atoms with E-state index in [4.69, 9.17) is 4.99 Å². The van der Waals surface area contributed by atoms with Crippen molar-refractivity contribution in [1.29, 1.82) is 0 Å². The molecule has 25 heavy (non-hydrogen) atoms. The molecule has 5 nitrogen and oxygen atoms in total. The van der Waals surface area contributed by atoms with Crippen LogP contribution in [0.5, 0.6) is 0 Å². The average Bonchev–Trinajstić information content (AvgIpc) is 2.66. The van der Waals surface area contributed by atoms with E-state index in [0.29, 0.717) is 6.04 Å². The van der Waals surface area contributed by atoms with Crippen LogP contribution in [0.25, 0.3) is 0 Å². The third kappa shape index (κ3) is 6.33. The molecule has 2 N–H and O–H groups in total. The number of guanidine groups is 1. The summed E-state index contributed by atoms with van der Waals surface area (Å²) in [6.45, 7) is 16.3. The standard InChI is InChI=1S/C20H35N5/c1-5-21-20(23-18(4)19-10-8-7-9-11-19)22-16-17(3)25-14-12-24(6-2)13-15-25/h7-11,17-18H,5-6,12-16H2,1-4H3,(H2,21,22,23). The van der Waals surface area contributed by atoms with E-state index < -0.39 is 0 Å². The Morgan fingerprint density at radius 3 is 2.36 bits per heavy atom. The molecule has 1 aliphatic heterocycles. The lowest BCUT2D eigenvalue weighted by Gasteiger charge is -2.37. The quantitative estimate of drug-likeness (QED) is 0.588. The Morgan fingerprint density at radius 2 is 1.76 bits per heavy atom. The molecular weight excluding hydrogens is 310 g/mol. The van der Waals surface area contributed by atoms with Gasteiger partial charge in [-0.2, -0.15) is 0 Å². The summed E-state index contributed by atoms with van der Waals surface area (Å²) in [6.07, 6.45) is 0. The van der Waals surface area contributed by atoms with Gasteiger partial charge in [0, 0.05) is 38.8 Å². The molecule has 0 bridgehead atoms. The van der Waals surface area contributed by atoms with E-state index in [9.17, 15) is 0 Å². The van der Waals surface area contributed by atoms with Crippen LogP contribution in [0.2, 0.25) is 0 Å². The molecule has 1 aromatic rings. The maximum Gasteiger partial charge on any atom is 0.191 e. The lowest BCUT2D eigenvalue weighted by Crippen LogP contribution is -2.50. The minimum atomic E-state index is 0.238. The summed E-state index contributed by atoms with van der Waals surface area (Å²) >= 11 is 0. The highest BCUT2D eigenvalue weighted by atomic mass is 15.3. The third-order valence-corrected chi connectivity index (χ3v) is 4.99. The van der Waals surface area contributed by atoms with E-state index >= 15 is 0 Å². The van der Waals surface area contributed by atoms with Gasteiger partial charge in [0.25, 0.3) is 0 Å². The van der Waals surface area contributed by atoms with E-state index in [-0.39, 0.29) is 6.04 Å². The Labute approximate surface area is 153 Å². The van der Waals surface area contributed by atoms with Crippen LogP contribution in [0, 0.1) is 0 Å². The zero-order valence-electron chi connectivity index (χ0n) is 16.3. The van der Waals surface area contributed by atoms with Crippen LogP contribution in [0.1, 0.15) is 39.3 Å². The van der Waals surface area contributed by atoms with Gasteiger partial charge in [-0.15, -0.1) is 0 Å². The molecule has 1 fully saturated rings. The molecular formula is C20H35N5. The second kappa shape index (κ2) is 10.4. The molecule has 1 aliphatic rings. The van der Waals surface area contributed by atoms with Crippen molar-refractivity contribution in [2.45, 2.75) is 39.8 Å². The number of benzene rings is 1. The minimum absolute atomic E-state index is 0.238. The highest BCUT2D eigenvalue weighted by molar-refractivity contribution is 5.80. The molecule has 1 heterocycles. The molecule has 0 aliphatic carbocycles. The van der Waals surface area contributed by atoms with Crippen molar-refractivity contribution in [3.8, 4) is 0 Å². The lowest BCUT2D eigenvalue weighted by atomic mass is 10.1. The van der Waals surface area contributed by atoms with Gasteiger partial charge in [0.1, 0.15) is 0 Å². The molecule has 2 unspecified atom stereocenters. The fourth-order valence-corrected chi connectivity index (χ4v) is 3.21. The topological polar surface area (TPSA) is 42.9 Å². The molecule has 0 saturated carbocycles. The number of nitrogens with zero attached hydrogens (tertiary/aromatic N) is 3. The highest BCUT2D eigenvalue weighted by Crippen LogP contribution is 2.11. The summed E-state index contributed by atoms with van der Waals surface area (Å²) in [5, 5.41) is 6.89. The Bertz CT molecular complexity index is 508. The van der Waals surface area contributed by atoms with Crippen molar-refractivity contribution in [2.75, 3.05) is 45.8 Å². The number of hydrogen-bond acceptors (Lipinski definition) is 3. The van der Waals surface area contributed by atoms with Crippen molar-refractivity contribution in [2.24, 2.45) is 4.99 Å². The fraction of sp³-hybridized carbons (Fsp3) is 0.650. The average molecular weight is 346 g/mol. The van der Waals surface area contributed by atoms with Crippen LogP contribution >= 0.6 is 0 Å². The van der Waals surface area contributed by atoms with Crippen LogP contribution in [0.15, 0.2) is 35.3 Å². The number of hydrogen-bond donors (Lipinski definition) is 2. The second-order valence-corrected chi connectivity index (χ2v) is 6.82. The van der Waals surface area contributed by atoms with Gasteiger partial charge >= 0.3 is 0 Å². The zero-order chi connectivity index (χ0) is 18.1. The second-order valence-electron chi connectivity index (χ2n) is 6.82. The summed E-state index contributed by atoms with van der Waals surface area (Å²) in [4.78, 5) is 9.90. The van der Waals surface area contributed by atoms with E-state index in [2.05, 4.69) is 78.5 Å². The number of piperazine rings is 1. The van der Waals surface area contributed by atoms with Gasteiger partial charge in [0.2, 0.25) is 0 Å². The smallest absolute Gasteiger partial charge is 0.191 e. The van der Waals surface area contributed by atoms with Crippen molar-refractivity contribution in [3.63, 3.8) is 0 Å². The maximum absolute atomic E-state index is 4.83. The van der Waals surface area contributed by atoms with Crippen LogP contribution < -0.4 is 10.6 Å². The van der Waals surface area contributed by atoms with E-state index in [1.807, 2.05) is 0 Å². The molecule has 1 saturated heterocycles. The normalized spacial score (nSPS) is 19.4. The van der Waals surface area contributed by atoms with Gasteiger partial charge in [-0.05, 0) is 32.9 Å². The SMILES string of the molecule is CCNC(=NCC(C)N1CCN(CC)CC1)NC(C)c1ccccc1.